The quantitative estimate of drug-likeness (QED) is 0.101. The van der Waals surface area contributed by atoms with E-state index in [1.54, 1.807) is 5.48 Å². The number of nitrogens with one attached hydrogen (secondary N) is 2. The first kappa shape index (κ1) is 33.2. The van der Waals surface area contributed by atoms with Gasteiger partial charge in [-0.05, 0) is 55.3 Å². The molecule has 1 saturated heterocycles. The Bertz CT molecular complexity index is 1310. The maximum Gasteiger partial charge on any atom is 0.243 e. The molecule has 0 radical (unpaired) electrons. The highest BCUT2D eigenvalue weighted by Gasteiger charge is 2.33. The predicted molar refractivity (Wildman–Crippen MR) is 167 cm³/mol. The minimum Gasteiger partial charge on any atom is -0.392 e. The number of carbonyl (C=O) groups excluding carboxylic acids is 2. The van der Waals surface area contributed by atoms with Gasteiger partial charge in [0, 0.05) is 61.9 Å². The summed E-state index contributed by atoms with van der Waals surface area (Å²) in [4.78, 5) is 30.4. The third kappa shape index (κ3) is 10.8. The highest BCUT2D eigenvalue weighted by Crippen LogP contribution is 2.38. The molecule has 0 bridgehead atoms. The first-order valence-corrected chi connectivity index (χ1v) is 15.4. The largest absolute Gasteiger partial charge is 0.392 e. The number of hydrogen-bond donors (Lipinski definition) is 4. The summed E-state index contributed by atoms with van der Waals surface area (Å²) >= 11 is 0. The molecule has 2 heterocycles. The molecule has 0 aliphatic carbocycles. The smallest absolute Gasteiger partial charge is 0.243 e. The number of aromatic nitrogens is 1. The van der Waals surface area contributed by atoms with E-state index < -0.39 is 12.2 Å². The molecule has 2 amide bonds. The lowest BCUT2D eigenvalue weighted by atomic mass is 9.99. The van der Waals surface area contributed by atoms with Crippen LogP contribution < -0.4 is 10.8 Å². The summed E-state index contributed by atoms with van der Waals surface area (Å²) in [6.07, 6.45) is 6.13. The van der Waals surface area contributed by atoms with Crippen molar-refractivity contribution >= 4 is 17.5 Å². The van der Waals surface area contributed by atoms with Crippen molar-refractivity contribution in [3.8, 4) is 0 Å². The van der Waals surface area contributed by atoms with E-state index in [0.29, 0.717) is 31.4 Å². The van der Waals surface area contributed by atoms with E-state index >= 15 is 0 Å². The Balaban J connectivity index is 1.37. The monoisotopic (exact) mass is 604 g/mol. The van der Waals surface area contributed by atoms with Crippen molar-refractivity contribution in [2.75, 3.05) is 25.5 Å². The fraction of sp³-hybridized carbons (Fsp3) is 0.441. The Labute approximate surface area is 259 Å². The molecule has 4 rings (SSSR count). The van der Waals surface area contributed by atoms with Crippen molar-refractivity contribution in [1.29, 1.82) is 0 Å². The molecule has 1 aliphatic rings. The maximum absolute atomic E-state index is 12.6. The highest BCUT2D eigenvalue weighted by atomic mass is 16.7. The van der Waals surface area contributed by atoms with Crippen molar-refractivity contribution in [2.45, 2.75) is 76.5 Å². The number of carbonyl (C=O) groups is 2. The van der Waals surface area contributed by atoms with Gasteiger partial charge in [-0.1, -0.05) is 55.3 Å². The normalized spacial score (nSPS) is 18.2. The van der Waals surface area contributed by atoms with Crippen LogP contribution in [0.2, 0.25) is 0 Å². The minimum atomic E-state index is -0.617. The summed E-state index contributed by atoms with van der Waals surface area (Å²) in [7, 11) is 2.09. The van der Waals surface area contributed by atoms with Crippen LogP contribution in [0.15, 0.2) is 72.9 Å². The number of anilines is 1. The van der Waals surface area contributed by atoms with E-state index in [2.05, 4.69) is 22.2 Å². The highest BCUT2D eigenvalue weighted by molar-refractivity contribution is 5.90. The number of unbranched alkanes of at least 4 members (excludes halogenated alkanes) is 3. The Morgan fingerprint density at radius 3 is 2.41 bits per heavy atom. The van der Waals surface area contributed by atoms with Crippen LogP contribution in [-0.2, 0) is 32.1 Å². The summed E-state index contributed by atoms with van der Waals surface area (Å²) in [5, 5.41) is 21.0. The molecule has 1 fully saturated rings. The standard InChI is InChI=1S/C34H44N4O6/c1-38(20-18-28-10-6-7-19-35-28)23-30-22-31(26-16-14-25(24-39)15-17-26)44-34(43-30)27-9-8-11-29(21-27)36-32(40)12-4-2-3-5-13-33(41)37-42/h6-11,14-17,19,21,30-31,34,39,42H,2-5,12-13,18,20,22-24H2,1H3,(H,36,40)(H,37,41)/t30-,31+,34+/m1/s1. The van der Waals surface area contributed by atoms with Gasteiger partial charge in [-0.25, -0.2) is 5.48 Å². The summed E-state index contributed by atoms with van der Waals surface area (Å²) in [6.45, 7) is 1.56. The van der Waals surface area contributed by atoms with Gasteiger partial charge in [-0.2, -0.15) is 0 Å². The Morgan fingerprint density at radius 1 is 0.932 bits per heavy atom. The molecule has 3 aromatic rings. The summed E-state index contributed by atoms with van der Waals surface area (Å²) in [5.74, 6) is -0.464. The average molecular weight is 605 g/mol. The lowest BCUT2D eigenvalue weighted by Gasteiger charge is -2.38. The summed E-state index contributed by atoms with van der Waals surface area (Å²) in [6, 6.07) is 21.4. The Hall–Kier alpha value is -3.67. The second-order valence-electron chi connectivity index (χ2n) is 11.3. The van der Waals surface area contributed by atoms with E-state index in [4.69, 9.17) is 14.7 Å². The van der Waals surface area contributed by atoms with Gasteiger partial charge in [0.2, 0.25) is 11.8 Å². The van der Waals surface area contributed by atoms with Crippen LogP contribution in [0.4, 0.5) is 5.69 Å². The lowest BCUT2D eigenvalue weighted by Crippen LogP contribution is -2.38. The topological polar surface area (TPSA) is 133 Å². The first-order valence-electron chi connectivity index (χ1n) is 15.4. The minimum absolute atomic E-state index is 0.0108. The van der Waals surface area contributed by atoms with E-state index in [9.17, 15) is 14.7 Å². The lowest BCUT2D eigenvalue weighted by molar-refractivity contribution is -0.252. The van der Waals surface area contributed by atoms with E-state index in [-0.39, 0.29) is 31.1 Å². The SMILES string of the molecule is CN(CCc1ccccn1)C[C@H]1C[C@@H](c2ccc(CO)cc2)O[C@@H](c2cccc(NC(=O)CCCCCCC(=O)NO)c2)O1. The van der Waals surface area contributed by atoms with E-state index in [0.717, 1.165) is 54.7 Å². The summed E-state index contributed by atoms with van der Waals surface area (Å²) < 4.78 is 13.0. The number of hydroxylamine groups is 1. The van der Waals surface area contributed by atoms with Crippen LogP contribution >= 0.6 is 0 Å². The van der Waals surface area contributed by atoms with Crippen molar-refractivity contribution in [3.63, 3.8) is 0 Å². The molecule has 44 heavy (non-hydrogen) atoms. The molecule has 3 atom stereocenters. The van der Waals surface area contributed by atoms with Gasteiger partial charge in [0.25, 0.3) is 0 Å². The summed E-state index contributed by atoms with van der Waals surface area (Å²) in [5.41, 5.74) is 6.06. The number of rotatable bonds is 16. The number of pyridine rings is 1. The average Bonchev–Trinajstić information content (AvgIpc) is 3.05. The zero-order valence-electron chi connectivity index (χ0n) is 25.4. The number of aliphatic hydroxyl groups excluding tert-OH is 1. The zero-order valence-corrected chi connectivity index (χ0v) is 25.4. The number of hydrogen-bond acceptors (Lipinski definition) is 8. The van der Waals surface area contributed by atoms with E-state index in [1.165, 1.54) is 0 Å². The number of likely N-dealkylation sites (N-methyl/N-ethyl adjacent to an activating group) is 1. The molecule has 0 unspecified atom stereocenters. The number of amides is 2. The Kier molecular flexibility index (Phi) is 13.3. The molecule has 2 aromatic carbocycles. The fourth-order valence-corrected chi connectivity index (χ4v) is 5.29. The second-order valence-corrected chi connectivity index (χ2v) is 11.3. The van der Waals surface area contributed by atoms with Crippen molar-refractivity contribution in [2.24, 2.45) is 0 Å². The molecule has 10 heteroatoms. The van der Waals surface area contributed by atoms with Gasteiger partial charge in [0.05, 0.1) is 18.8 Å². The van der Waals surface area contributed by atoms with Gasteiger partial charge >= 0.3 is 0 Å². The molecular weight excluding hydrogens is 560 g/mol. The Morgan fingerprint density at radius 2 is 1.70 bits per heavy atom. The maximum atomic E-state index is 12.6. The van der Waals surface area contributed by atoms with Gasteiger partial charge in [-0.15, -0.1) is 0 Å². The van der Waals surface area contributed by atoms with Gasteiger partial charge < -0.3 is 24.8 Å². The molecule has 10 nitrogen and oxygen atoms in total. The molecule has 0 saturated carbocycles. The number of ether oxygens (including phenoxy) is 2. The van der Waals surface area contributed by atoms with Gasteiger partial charge in [0.15, 0.2) is 6.29 Å². The number of benzene rings is 2. The van der Waals surface area contributed by atoms with E-state index in [1.807, 2.05) is 72.9 Å². The first-order chi connectivity index (χ1) is 21.4. The van der Waals surface area contributed by atoms with Crippen molar-refractivity contribution in [3.05, 3.63) is 95.3 Å². The zero-order chi connectivity index (χ0) is 31.1. The van der Waals surface area contributed by atoms with Crippen molar-refractivity contribution < 1.29 is 29.4 Å². The van der Waals surface area contributed by atoms with Crippen LogP contribution in [0, 0.1) is 0 Å². The van der Waals surface area contributed by atoms with Crippen LogP contribution in [0.1, 0.15) is 79.7 Å². The molecule has 236 valence electrons. The fourth-order valence-electron chi connectivity index (χ4n) is 5.29. The second kappa shape index (κ2) is 17.6. The van der Waals surface area contributed by atoms with Crippen molar-refractivity contribution in [1.82, 2.24) is 15.4 Å². The number of aliphatic hydroxyl groups is 1. The van der Waals surface area contributed by atoms with Gasteiger partial charge in [-0.3, -0.25) is 19.8 Å². The third-order valence-electron chi connectivity index (χ3n) is 7.73. The molecule has 4 N–H and O–H groups in total. The molecule has 0 spiro atoms. The molecule has 1 aromatic heterocycles. The van der Waals surface area contributed by atoms with Crippen LogP contribution in [0.25, 0.3) is 0 Å². The van der Waals surface area contributed by atoms with Crippen LogP contribution in [0.3, 0.4) is 0 Å². The molecule has 1 aliphatic heterocycles. The van der Waals surface area contributed by atoms with Gasteiger partial charge in [0.1, 0.15) is 0 Å². The van der Waals surface area contributed by atoms with Crippen LogP contribution in [-0.4, -0.2) is 58.3 Å². The number of nitrogens with zero attached hydrogens (tertiary/aromatic N) is 2. The predicted octanol–water partition coefficient (Wildman–Crippen LogP) is 5.08. The van der Waals surface area contributed by atoms with Crippen LogP contribution in [0.5, 0.6) is 0 Å². The molecular formula is C34H44N4O6. The third-order valence-corrected chi connectivity index (χ3v) is 7.73.